The van der Waals surface area contributed by atoms with Crippen molar-refractivity contribution in [1.82, 2.24) is 9.80 Å². The first-order valence-corrected chi connectivity index (χ1v) is 12.5. The Kier molecular flexibility index (Phi) is 8.53. The molecule has 7 nitrogen and oxygen atoms in total. The molecule has 1 N–H and O–H groups in total. The standard InChI is InChI=1S/C28H26ClN3O4S/c1-36-27(35)21-9-13-23(14-10-21)30-25(33)17-24-26(34)32(18-20-5-3-2-4-6-20)28(37)31(24)16-15-19-7-11-22(29)12-8-19/h2-14,24H,15-18H2,1H3,(H,30,33). The predicted octanol–water partition coefficient (Wildman–Crippen LogP) is 4.70. The van der Waals surface area contributed by atoms with Gasteiger partial charge in [-0.25, -0.2) is 4.79 Å². The fourth-order valence-electron chi connectivity index (χ4n) is 4.15. The van der Waals surface area contributed by atoms with Crippen LogP contribution in [0.4, 0.5) is 5.69 Å². The second-order valence-electron chi connectivity index (χ2n) is 8.60. The molecule has 0 aromatic heterocycles. The highest BCUT2D eigenvalue weighted by atomic mass is 35.5. The molecule has 0 radical (unpaired) electrons. The molecule has 0 bridgehead atoms. The summed E-state index contributed by atoms with van der Waals surface area (Å²) < 4.78 is 4.70. The van der Waals surface area contributed by atoms with Crippen LogP contribution in [-0.4, -0.2) is 52.4 Å². The molecule has 3 aromatic rings. The molecule has 0 aliphatic carbocycles. The van der Waals surface area contributed by atoms with Crippen LogP contribution in [0.3, 0.4) is 0 Å². The number of nitrogens with one attached hydrogen (secondary N) is 1. The van der Waals surface area contributed by atoms with E-state index in [1.165, 1.54) is 7.11 Å². The number of benzene rings is 3. The lowest BCUT2D eigenvalue weighted by molar-refractivity contribution is -0.131. The Morgan fingerprint density at radius 2 is 1.65 bits per heavy atom. The van der Waals surface area contributed by atoms with Crippen LogP contribution in [-0.2, 0) is 27.3 Å². The van der Waals surface area contributed by atoms with E-state index in [0.29, 0.717) is 40.9 Å². The van der Waals surface area contributed by atoms with Crippen LogP contribution < -0.4 is 5.32 Å². The van der Waals surface area contributed by atoms with Gasteiger partial charge in [-0.3, -0.25) is 14.5 Å². The van der Waals surface area contributed by atoms with Gasteiger partial charge < -0.3 is 15.0 Å². The van der Waals surface area contributed by atoms with Crippen LogP contribution in [0, 0.1) is 0 Å². The van der Waals surface area contributed by atoms with Crippen molar-refractivity contribution in [3.63, 3.8) is 0 Å². The summed E-state index contributed by atoms with van der Waals surface area (Å²) in [5, 5.41) is 3.86. The van der Waals surface area contributed by atoms with Gasteiger partial charge in [-0.1, -0.05) is 54.1 Å². The van der Waals surface area contributed by atoms with Crippen LogP contribution in [0.1, 0.15) is 27.9 Å². The lowest BCUT2D eigenvalue weighted by Gasteiger charge is -2.24. The van der Waals surface area contributed by atoms with Gasteiger partial charge in [-0.05, 0) is 66.2 Å². The predicted molar refractivity (Wildman–Crippen MR) is 146 cm³/mol. The molecule has 1 atom stereocenters. The maximum absolute atomic E-state index is 13.5. The number of thiocarbonyl (C=S) groups is 1. The summed E-state index contributed by atoms with van der Waals surface area (Å²) in [4.78, 5) is 41.5. The largest absolute Gasteiger partial charge is 0.465 e. The van der Waals surface area contributed by atoms with E-state index in [1.807, 2.05) is 59.5 Å². The molecule has 4 rings (SSSR count). The lowest BCUT2D eigenvalue weighted by atomic mass is 10.1. The van der Waals surface area contributed by atoms with Gasteiger partial charge in [0.2, 0.25) is 5.91 Å². The monoisotopic (exact) mass is 535 g/mol. The number of methoxy groups -OCH3 is 1. The molecule has 1 unspecified atom stereocenters. The van der Waals surface area contributed by atoms with E-state index in [2.05, 4.69) is 5.32 Å². The highest BCUT2D eigenvalue weighted by Crippen LogP contribution is 2.24. The number of halogens is 1. The van der Waals surface area contributed by atoms with E-state index in [9.17, 15) is 14.4 Å². The van der Waals surface area contributed by atoms with E-state index >= 15 is 0 Å². The van der Waals surface area contributed by atoms with Crippen LogP contribution in [0.2, 0.25) is 5.02 Å². The van der Waals surface area contributed by atoms with E-state index in [4.69, 9.17) is 28.6 Å². The fourth-order valence-corrected chi connectivity index (χ4v) is 4.65. The van der Waals surface area contributed by atoms with Crippen molar-refractivity contribution in [3.05, 3.63) is 101 Å². The Bertz CT molecular complexity index is 1280. The number of carbonyl (C=O) groups excluding carboxylic acids is 3. The van der Waals surface area contributed by atoms with Gasteiger partial charge in [-0.2, -0.15) is 0 Å². The third-order valence-corrected chi connectivity index (χ3v) is 6.82. The maximum atomic E-state index is 13.5. The normalized spacial score (nSPS) is 15.1. The first-order chi connectivity index (χ1) is 17.9. The van der Waals surface area contributed by atoms with Crippen molar-refractivity contribution in [1.29, 1.82) is 0 Å². The minimum atomic E-state index is -0.724. The SMILES string of the molecule is COC(=O)c1ccc(NC(=O)CC2C(=O)N(Cc3ccccc3)C(=S)N2CCc2ccc(Cl)cc2)cc1. The van der Waals surface area contributed by atoms with Gasteiger partial charge in [0.05, 0.1) is 25.6 Å². The Balaban J connectivity index is 1.49. The van der Waals surface area contributed by atoms with E-state index < -0.39 is 12.0 Å². The molecule has 0 spiro atoms. The number of amides is 2. The van der Waals surface area contributed by atoms with Gasteiger partial charge in [0.1, 0.15) is 6.04 Å². The second-order valence-corrected chi connectivity index (χ2v) is 9.40. The number of carbonyl (C=O) groups is 3. The zero-order valence-corrected chi connectivity index (χ0v) is 21.8. The Morgan fingerprint density at radius 1 is 0.973 bits per heavy atom. The number of rotatable bonds is 9. The van der Waals surface area contributed by atoms with Crippen LogP contribution in [0.25, 0.3) is 0 Å². The summed E-state index contributed by atoms with van der Waals surface area (Å²) in [5.41, 5.74) is 2.89. The van der Waals surface area contributed by atoms with Gasteiger partial charge in [0, 0.05) is 17.3 Å². The molecular weight excluding hydrogens is 510 g/mol. The summed E-state index contributed by atoms with van der Waals surface area (Å²) in [5.74, 6) is -0.996. The molecule has 0 saturated carbocycles. The summed E-state index contributed by atoms with van der Waals surface area (Å²) in [6, 6.07) is 22.8. The Labute approximate surface area is 226 Å². The fraction of sp³-hybridized carbons (Fsp3) is 0.214. The highest BCUT2D eigenvalue weighted by molar-refractivity contribution is 7.80. The topological polar surface area (TPSA) is 78.9 Å². The Hall–Kier alpha value is -3.75. The zero-order chi connectivity index (χ0) is 26.4. The minimum Gasteiger partial charge on any atom is -0.465 e. The zero-order valence-electron chi connectivity index (χ0n) is 20.2. The number of anilines is 1. The molecule has 1 saturated heterocycles. The molecule has 9 heteroatoms. The lowest BCUT2D eigenvalue weighted by Crippen LogP contribution is -2.39. The van der Waals surface area contributed by atoms with Crippen LogP contribution >= 0.6 is 23.8 Å². The van der Waals surface area contributed by atoms with E-state index in [-0.39, 0.29) is 18.2 Å². The molecule has 1 fully saturated rings. The van der Waals surface area contributed by atoms with Crippen molar-refractivity contribution in [2.24, 2.45) is 0 Å². The molecule has 1 aliphatic rings. The summed E-state index contributed by atoms with van der Waals surface area (Å²) in [6.07, 6.45) is 0.570. The number of nitrogens with zero attached hydrogens (tertiary/aromatic N) is 2. The van der Waals surface area contributed by atoms with Gasteiger partial charge in [0.15, 0.2) is 5.11 Å². The number of hydrogen-bond acceptors (Lipinski definition) is 5. The second kappa shape index (κ2) is 12.0. The van der Waals surface area contributed by atoms with Crippen molar-refractivity contribution in [3.8, 4) is 0 Å². The summed E-state index contributed by atoms with van der Waals surface area (Å²) in [7, 11) is 1.31. The van der Waals surface area contributed by atoms with Crippen molar-refractivity contribution in [2.75, 3.05) is 19.0 Å². The molecule has 3 aromatic carbocycles. The summed E-state index contributed by atoms with van der Waals surface area (Å²) >= 11 is 11.7. The molecule has 190 valence electrons. The molecule has 1 heterocycles. The number of hydrogen-bond donors (Lipinski definition) is 1. The maximum Gasteiger partial charge on any atom is 0.337 e. The van der Waals surface area contributed by atoms with Crippen LogP contribution in [0.15, 0.2) is 78.9 Å². The van der Waals surface area contributed by atoms with Gasteiger partial charge in [-0.15, -0.1) is 0 Å². The average molecular weight is 536 g/mol. The van der Waals surface area contributed by atoms with E-state index in [0.717, 1.165) is 11.1 Å². The molecule has 37 heavy (non-hydrogen) atoms. The molecular formula is C28H26ClN3O4S. The third kappa shape index (κ3) is 6.53. The van der Waals surface area contributed by atoms with Gasteiger partial charge in [0.25, 0.3) is 5.91 Å². The third-order valence-electron chi connectivity index (χ3n) is 6.11. The van der Waals surface area contributed by atoms with E-state index in [1.54, 1.807) is 29.2 Å². The first-order valence-electron chi connectivity index (χ1n) is 11.7. The Morgan fingerprint density at radius 3 is 2.30 bits per heavy atom. The number of ether oxygens (including phenoxy) is 1. The smallest absolute Gasteiger partial charge is 0.337 e. The van der Waals surface area contributed by atoms with Crippen molar-refractivity contribution < 1.29 is 19.1 Å². The molecule has 2 amide bonds. The summed E-state index contributed by atoms with van der Waals surface area (Å²) in [6.45, 7) is 0.812. The number of esters is 1. The first kappa shape index (κ1) is 26.3. The minimum absolute atomic E-state index is 0.0658. The molecule has 1 aliphatic heterocycles. The quantitative estimate of drug-likeness (QED) is 0.316. The average Bonchev–Trinajstić information content (AvgIpc) is 3.12. The van der Waals surface area contributed by atoms with Crippen molar-refractivity contribution >= 4 is 52.4 Å². The highest BCUT2D eigenvalue weighted by Gasteiger charge is 2.43. The van der Waals surface area contributed by atoms with Gasteiger partial charge >= 0.3 is 5.97 Å². The van der Waals surface area contributed by atoms with Crippen LogP contribution in [0.5, 0.6) is 0 Å². The van der Waals surface area contributed by atoms with Crippen molar-refractivity contribution in [2.45, 2.75) is 25.4 Å².